The summed E-state index contributed by atoms with van der Waals surface area (Å²) in [7, 11) is -0.551. The summed E-state index contributed by atoms with van der Waals surface area (Å²) in [5.74, 6) is 2.27. The summed E-state index contributed by atoms with van der Waals surface area (Å²) in [6.07, 6.45) is 6.49. The largest absolute Gasteiger partial charge is 0.416 e. The molecule has 1 aromatic rings. The molecule has 3 atom stereocenters. The predicted molar refractivity (Wildman–Crippen MR) is 89.5 cm³/mol. The number of piperidine rings is 1. The molecule has 6 nitrogen and oxygen atoms in total. The second-order valence-electron chi connectivity index (χ2n) is 6.86. The summed E-state index contributed by atoms with van der Waals surface area (Å²) in [5, 5.41) is 8.78. The Morgan fingerprint density at radius 2 is 2.17 bits per heavy atom. The second kappa shape index (κ2) is 7.53. The molecule has 0 aliphatic carbocycles. The molecule has 2 saturated heterocycles. The summed E-state index contributed by atoms with van der Waals surface area (Å²) in [4.78, 5) is 1.64. The van der Waals surface area contributed by atoms with Crippen LogP contribution in [-0.2, 0) is 16.3 Å². The zero-order valence-corrected chi connectivity index (χ0v) is 15.3. The lowest BCUT2D eigenvalue weighted by Gasteiger charge is -2.29. The maximum Gasteiger partial charge on any atom is 0.276 e. The van der Waals surface area contributed by atoms with Gasteiger partial charge >= 0.3 is 0 Å². The van der Waals surface area contributed by atoms with Crippen LogP contribution in [0.5, 0.6) is 0 Å². The smallest absolute Gasteiger partial charge is 0.276 e. The van der Waals surface area contributed by atoms with Crippen molar-refractivity contribution in [1.82, 2.24) is 10.2 Å². The van der Waals surface area contributed by atoms with Gasteiger partial charge in [0, 0.05) is 18.6 Å². The normalized spacial score (nSPS) is 30.6. The van der Waals surface area contributed by atoms with Crippen molar-refractivity contribution in [3.8, 4) is 0 Å². The van der Waals surface area contributed by atoms with E-state index >= 15 is 0 Å². The van der Waals surface area contributed by atoms with Crippen LogP contribution < -0.4 is 4.90 Å². The maximum atomic E-state index is 11.5. The van der Waals surface area contributed by atoms with Crippen molar-refractivity contribution in [2.45, 2.75) is 49.8 Å². The zero-order chi connectivity index (χ0) is 16.3. The Bertz CT molecular complexity index is 617. The number of nitrogens with zero attached hydrogens (tertiary/aromatic N) is 2. The van der Waals surface area contributed by atoms with Gasteiger partial charge in [0.05, 0.1) is 31.1 Å². The molecule has 0 saturated carbocycles. The van der Waals surface area contributed by atoms with Crippen LogP contribution in [0.3, 0.4) is 0 Å². The van der Waals surface area contributed by atoms with Gasteiger partial charge in [-0.05, 0) is 31.6 Å². The van der Waals surface area contributed by atoms with Gasteiger partial charge < -0.3 is 9.32 Å². The number of hydrogen-bond donors (Lipinski definition) is 1. The molecule has 0 amide bonds. The van der Waals surface area contributed by atoms with Crippen molar-refractivity contribution in [3.05, 3.63) is 5.89 Å². The zero-order valence-electron chi connectivity index (χ0n) is 13.7. The van der Waals surface area contributed by atoms with Crippen molar-refractivity contribution in [2.24, 2.45) is 5.92 Å². The highest BCUT2D eigenvalue weighted by molar-refractivity contribution is 7.99. The third-order valence-electron chi connectivity index (χ3n) is 5.00. The van der Waals surface area contributed by atoms with Crippen LogP contribution in [0.25, 0.3) is 0 Å². The van der Waals surface area contributed by atoms with E-state index in [1.54, 1.807) is 16.7 Å². The van der Waals surface area contributed by atoms with E-state index in [2.05, 4.69) is 17.2 Å². The van der Waals surface area contributed by atoms with Crippen molar-refractivity contribution < 1.29 is 17.7 Å². The Morgan fingerprint density at radius 1 is 1.30 bits per heavy atom. The third-order valence-corrected chi connectivity index (χ3v) is 7.69. The number of aromatic nitrogens is 2. The van der Waals surface area contributed by atoms with E-state index in [1.165, 1.54) is 32.2 Å². The minimum absolute atomic E-state index is 0.137. The quantitative estimate of drug-likeness (QED) is 0.749. The van der Waals surface area contributed by atoms with Crippen molar-refractivity contribution in [1.29, 1.82) is 0 Å². The molecule has 0 spiro atoms. The van der Waals surface area contributed by atoms with E-state index in [4.69, 9.17) is 4.42 Å². The highest BCUT2D eigenvalue weighted by atomic mass is 32.2. The first-order valence-electron chi connectivity index (χ1n) is 8.50. The van der Waals surface area contributed by atoms with Gasteiger partial charge in [-0.3, -0.25) is 0 Å². The molecule has 2 fully saturated rings. The van der Waals surface area contributed by atoms with Gasteiger partial charge in [-0.1, -0.05) is 11.8 Å². The second-order valence-corrected chi connectivity index (χ2v) is 10.1. The van der Waals surface area contributed by atoms with Crippen molar-refractivity contribution in [2.75, 3.05) is 30.9 Å². The van der Waals surface area contributed by atoms with Gasteiger partial charge in [-0.2, -0.15) is 0 Å². The van der Waals surface area contributed by atoms with E-state index in [0.717, 1.165) is 11.8 Å². The molecule has 3 heterocycles. The van der Waals surface area contributed by atoms with Crippen molar-refractivity contribution in [3.63, 3.8) is 0 Å². The number of quaternary nitrogens is 1. The van der Waals surface area contributed by atoms with Gasteiger partial charge in [-0.25, -0.2) is 8.42 Å². The van der Waals surface area contributed by atoms with Crippen LogP contribution in [-0.4, -0.2) is 55.5 Å². The Hall–Kier alpha value is -0.600. The average Bonchev–Trinajstić information content (AvgIpc) is 3.08. The molecule has 1 aromatic heterocycles. The van der Waals surface area contributed by atoms with Crippen LogP contribution >= 0.6 is 11.8 Å². The molecule has 8 heteroatoms. The van der Waals surface area contributed by atoms with E-state index in [9.17, 15) is 8.42 Å². The van der Waals surface area contributed by atoms with Gasteiger partial charge in [0.25, 0.3) is 5.22 Å². The Balaban J connectivity index is 1.42. The lowest BCUT2D eigenvalue weighted by atomic mass is 10.0. The SMILES string of the molecule is C[NH+]1CCCC[C@H]1CCSc1nnc(C[C@@H]2CCS(=O)(=O)C2)o1. The Morgan fingerprint density at radius 3 is 2.91 bits per heavy atom. The van der Waals surface area contributed by atoms with Gasteiger partial charge in [0.2, 0.25) is 5.89 Å². The molecule has 0 aromatic carbocycles. The van der Waals surface area contributed by atoms with Crippen LogP contribution in [0.4, 0.5) is 0 Å². The van der Waals surface area contributed by atoms with E-state index in [-0.39, 0.29) is 11.7 Å². The molecule has 2 aliphatic heterocycles. The highest BCUT2D eigenvalue weighted by Gasteiger charge is 2.29. The monoisotopic (exact) mass is 360 g/mol. The minimum Gasteiger partial charge on any atom is -0.416 e. The van der Waals surface area contributed by atoms with Crippen LogP contribution in [0.1, 0.15) is 38.0 Å². The fraction of sp³-hybridized carbons (Fsp3) is 0.867. The summed E-state index contributed by atoms with van der Waals surface area (Å²) in [6.45, 7) is 1.28. The molecule has 2 aliphatic rings. The third kappa shape index (κ3) is 4.93. The lowest BCUT2D eigenvalue weighted by molar-refractivity contribution is -0.911. The molecule has 1 unspecified atom stereocenters. The summed E-state index contributed by atoms with van der Waals surface area (Å²) < 4.78 is 28.6. The predicted octanol–water partition coefficient (Wildman–Crippen LogP) is 0.596. The van der Waals surface area contributed by atoms with Crippen LogP contribution in [0.15, 0.2) is 9.64 Å². The first-order valence-corrected chi connectivity index (χ1v) is 11.3. The van der Waals surface area contributed by atoms with Gasteiger partial charge in [-0.15, -0.1) is 10.2 Å². The number of sulfone groups is 1. The number of rotatable bonds is 6. The summed E-state index contributed by atoms with van der Waals surface area (Å²) in [5.41, 5.74) is 0. The van der Waals surface area contributed by atoms with Crippen LogP contribution in [0, 0.1) is 5.92 Å². The molecule has 0 bridgehead atoms. The first kappa shape index (κ1) is 17.2. The number of thioether (sulfide) groups is 1. The number of likely N-dealkylation sites (tertiary alicyclic amines) is 1. The topological polar surface area (TPSA) is 77.5 Å². The fourth-order valence-electron chi connectivity index (χ4n) is 3.58. The maximum absolute atomic E-state index is 11.5. The van der Waals surface area contributed by atoms with Crippen molar-refractivity contribution >= 4 is 21.6 Å². The first-order chi connectivity index (χ1) is 11.0. The van der Waals surface area contributed by atoms with E-state index < -0.39 is 9.84 Å². The Kier molecular flexibility index (Phi) is 5.64. The number of nitrogens with one attached hydrogen (secondary N) is 1. The number of hydrogen-bond acceptors (Lipinski definition) is 6. The molecule has 1 N–H and O–H groups in total. The van der Waals surface area contributed by atoms with E-state index in [1.807, 2.05) is 0 Å². The summed E-state index contributed by atoms with van der Waals surface area (Å²) >= 11 is 1.62. The average molecular weight is 361 g/mol. The molecular formula is C15H26N3O3S2+. The molecule has 3 rings (SSSR count). The van der Waals surface area contributed by atoms with Gasteiger partial charge in [0.1, 0.15) is 0 Å². The highest BCUT2D eigenvalue weighted by Crippen LogP contribution is 2.24. The Labute approximate surface area is 142 Å². The molecule has 0 radical (unpaired) electrons. The molecular weight excluding hydrogens is 334 g/mol. The lowest BCUT2D eigenvalue weighted by Crippen LogP contribution is -3.13. The van der Waals surface area contributed by atoms with E-state index in [0.29, 0.717) is 29.7 Å². The van der Waals surface area contributed by atoms with Crippen LogP contribution in [0.2, 0.25) is 0 Å². The minimum atomic E-state index is -2.84. The fourth-order valence-corrected chi connectivity index (χ4v) is 6.28. The van der Waals surface area contributed by atoms with Gasteiger partial charge in [0.15, 0.2) is 9.84 Å². The summed E-state index contributed by atoms with van der Waals surface area (Å²) in [6, 6.07) is 0.752. The standard InChI is InChI=1S/C15H25N3O3S2/c1-18-7-3-2-4-13(18)5-8-22-15-17-16-14(21-15)10-12-6-9-23(19,20)11-12/h12-13H,2-11H2,1H3/p+1/t12-,13-/m0/s1. The molecule has 130 valence electrons. The molecule has 23 heavy (non-hydrogen) atoms.